The Kier molecular flexibility index (Phi) is 24.9. The standard InChI is InChI=1S/C7H15NO2.C6H13NO2.C5H7NO3.C5H9NO2.C3H6O3/c1-5(2)4-6(8-3)7(9)10;1-4(2)3-5(7)6(8)9;7-4-2-1-3(6-4)5(8)9;7-5(8)4-2-1-3-6-4;1-2(4)3(5)6/h5-6,8H,4H2,1-3H3,(H,9,10);4-5H,3,7H2,1-2H3,(H,8,9);3H,1-2H2,(H,6,7)(H,8,9);4,6H,1-3H2,(H,7,8);2,4H,1H3,(H,5,6)/t6-;5-;3-;4-;/m0000./s1. The summed E-state index contributed by atoms with van der Waals surface area (Å²) < 4.78 is 0. The number of hydrogen-bond donors (Lipinski definition) is 10. The maximum atomic E-state index is 10.4. The van der Waals surface area contributed by atoms with E-state index < -0.39 is 48.0 Å². The molecule has 2 aliphatic heterocycles. The fourth-order valence-corrected chi connectivity index (χ4v) is 3.12. The first-order valence-electron chi connectivity index (χ1n) is 13.5. The third-order valence-electron chi connectivity index (χ3n) is 5.41. The molecule has 0 spiro atoms. The number of nitrogens with two attached hydrogens (primary N) is 1. The van der Waals surface area contributed by atoms with Crippen LogP contribution in [0.15, 0.2) is 0 Å². The lowest BCUT2D eigenvalue weighted by Gasteiger charge is -2.12. The molecular weight excluding hydrogens is 560 g/mol. The minimum atomic E-state index is -1.23. The molecule has 0 aromatic rings. The molecule has 5 atom stereocenters. The van der Waals surface area contributed by atoms with Gasteiger partial charge in [-0.3, -0.25) is 19.2 Å². The number of aliphatic carboxylic acids is 5. The number of amides is 1. The van der Waals surface area contributed by atoms with Gasteiger partial charge in [0.05, 0.1) is 0 Å². The molecule has 0 saturated carbocycles. The van der Waals surface area contributed by atoms with E-state index in [0.29, 0.717) is 37.5 Å². The van der Waals surface area contributed by atoms with Crippen LogP contribution in [0.1, 0.15) is 73.1 Å². The van der Waals surface area contributed by atoms with Crippen molar-refractivity contribution in [1.29, 1.82) is 0 Å². The Morgan fingerprint density at radius 1 is 0.833 bits per heavy atom. The van der Waals surface area contributed by atoms with E-state index in [0.717, 1.165) is 19.4 Å². The second-order valence-electron chi connectivity index (χ2n) is 10.4. The number of carbonyl (C=O) groups excluding carboxylic acids is 1. The number of aliphatic hydroxyl groups is 1. The van der Waals surface area contributed by atoms with Crippen molar-refractivity contribution in [2.45, 2.75) is 103 Å². The molecule has 2 saturated heterocycles. The van der Waals surface area contributed by atoms with Crippen LogP contribution in [0.2, 0.25) is 0 Å². The molecule has 2 heterocycles. The van der Waals surface area contributed by atoms with Crippen LogP contribution in [0, 0.1) is 11.8 Å². The molecule has 1 amide bonds. The van der Waals surface area contributed by atoms with Gasteiger partial charge >= 0.3 is 29.8 Å². The molecule has 0 aliphatic carbocycles. The highest BCUT2D eigenvalue weighted by molar-refractivity contribution is 5.87. The van der Waals surface area contributed by atoms with Crippen LogP contribution in [0.4, 0.5) is 0 Å². The van der Waals surface area contributed by atoms with Crippen LogP contribution < -0.4 is 21.7 Å². The van der Waals surface area contributed by atoms with E-state index in [-0.39, 0.29) is 18.0 Å². The molecule has 11 N–H and O–H groups in total. The summed E-state index contributed by atoms with van der Waals surface area (Å²) in [4.78, 5) is 60.6. The second-order valence-corrected chi connectivity index (χ2v) is 10.4. The van der Waals surface area contributed by atoms with Crippen LogP contribution in [-0.2, 0) is 28.8 Å². The molecule has 0 bridgehead atoms. The first kappa shape index (κ1) is 43.1. The van der Waals surface area contributed by atoms with Crippen LogP contribution in [0.3, 0.4) is 0 Å². The molecule has 0 aromatic heterocycles. The van der Waals surface area contributed by atoms with Gasteiger partial charge in [0.25, 0.3) is 0 Å². The monoisotopic (exact) mass is 610 g/mol. The van der Waals surface area contributed by atoms with Gasteiger partial charge in [-0.25, -0.2) is 9.59 Å². The average molecular weight is 611 g/mol. The van der Waals surface area contributed by atoms with Crippen molar-refractivity contribution in [3.05, 3.63) is 0 Å². The van der Waals surface area contributed by atoms with Gasteiger partial charge in [0, 0.05) is 6.42 Å². The van der Waals surface area contributed by atoms with E-state index in [1.54, 1.807) is 7.05 Å². The summed E-state index contributed by atoms with van der Waals surface area (Å²) in [6.07, 6.45) is 2.56. The van der Waals surface area contributed by atoms with Crippen molar-refractivity contribution < 1.29 is 59.4 Å². The van der Waals surface area contributed by atoms with Gasteiger partial charge in [-0.2, -0.15) is 0 Å². The smallest absolute Gasteiger partial charge is 0.332 e. The molecule has 246 valence electrons. The summed E-state index contributed by atoms with van der Waals surface area (Å²) in [5.41, 5.74) is 5.22. The van der Waals surface area contributed by atoms with E-state index in [9.17, 15) is 28.8 Å². The number of rotatable bonds is 10. The topological polar surface area (TPSA) is 286 Å². The first-order chi connectivity index (χ1) is 19.3. The Bertz CT molecular complexity index is 830. The fraction of sp³-hybridized carbons (Fsp3) is 0.769. The lowest BCUT2D eigenvalue weighted by Crippen LogP contribution is -2.34. The van der Waals surface area contributed by atoms with Gasteiger partial charge < -0.3 is 52.3 Å². The van der Waals surface area contributed by atoms with E-state index in [4.69, 9.17) is 36.4 Å². The predicted octanol–water partition coefficient (Wildman–Crippen LogP) is -0.226. The van der Waals surface area contributed by atoms with E-state index in [1.165, 1.54) is 6.92 Å². The van der Waals surface area contributed by atoms with E-state index in [1.807, 2.05) is 27.7 Å². The Morgan fingerprint density at radius 3 is 1.45 bits per heavy atom. The summed E-state index contributed by atoms with van der Waals surface area (Å²) in [6, 6.07) is -1.99. The minimum Gasteiger partial charge on any atom is -0.480 e. The molecule has 0 aromatic carbocycles. The lowest BCUT2D eigenvalue weighted by molar-refractivity contribution is -0.145. The van der Waals surface area contributed by atoms with Gasteiger partial charge in [0.1, 0.15) is 30.3 Å². The van der Waals surface area contributed by atoms with Gasteiger partial charge in [-0.1, -0.05) is 27.7 Å². The first-order valence-corrected chi connectivity index (χ1v) is 13.5. The molecule has 42 heavy (non-hydrogen) atoms. The number of carbonyl (C=O) groups is 6. The van der Waals surface area contributed by atoms with E-state index in [2.05, 4.69) is 16.0 Å². The Labute approximate surface area is 246 Å². The number of nitrogens with one attached hydrogen (secondary N) is 3. The molecule has 0 radical (unpaired) electrons. The average Bonchev–Trinajstić information content (AvgIpc) is 3.56. The third-order valence-corrected chi connectivity index (χ3v) is 5.41. The van der Waals surface area contributed by atoms with Crippen LogP contribution >= 0.6 is 0 Å². The van der Waals surface area contributed by atoms with Gasteiger partial charge in [0.2, 0.25) is 5.91 Å². The Morgan fingerprint density at radius 2 is 1.31 bits per heavy atom. The summed E-state index contributed by atoms with van der Waals surface area (Å²) in [7, 11) is 1.67. The zero-order valence-electron chi connectivity index (χ0n) is 25.2. The predicted molar refractivity (Wildman–Crippen MR) is 152 cm³/mol. The SMILES string of the molecule is CC(C)C[C@H](N)C(=O)O.CC(O)C(=O)O.CN[C@@H](CC(C)C)C(=O)O.O=C(O)[C@@H]1CCCN1.O=C1CC[C@@H](C(=O)O)N1. The Hall–Kier alpha value is -3.34. The van der Waals surface area contributed by atoms with Crippen LogP contribution in [0.25, 0.3) is 0 Å². The molecule has 16 nitrogen and oxygen atoms in total. The van der Waals surface area contributed by atoms with Crippen molar-refractivity contribution in [2.75, 3.05) is 13.6 Å². The zero-order valence-corrected chi connectivity index (χ0v) is 25.2. The Balaban J connectivity index is -0.000000457. The van der Waals surface area contributed by atoms with Gasteiger partial charge in [-0.05, 0) is 64.5 Å². The number of likely N-dealkylation sites (N-methyl/N-ethyl adjacent to an activating group) is 1. The summed E-state index contributed by atoms with van der Waals surface area (Å²) >= 11 is 0. The highest BCUT2D eigenvalue weighted by atomic mass is 16.4. The molecular formula is C26H50N4O12. The highest BCUT2D eigenvalue weighted by Gasteiger charge is 2.26. The highest BCUT2D eigenvalue weighted by Crippen LogP contribution is 2.06. The van der Waals surface area contributed by atoms with Crippen molar-refractivity contribution in [2.24, 2.45) is 17.6 Å². The molecule has 2 aliphatic rings. The number of hydrogen-bond acceptors (Lipinski definition) is 10. The van der Waals surface area contributed by atoms with Crippen molar-refractivity contribution in [1.82, 2.24) is 16.0 Å². The normalized spacial score (nSPS) is 19.0. The quantitative estimate of drug-likeness (QED) is 0.153. The maximum absolute atomic E-state index is 10.4. The lowest BCUT2D eigenvalue weighted by atomic mass is 10.0. The third kappa shape index (κ3) is 25.6. The van der Waals surface area contributed by atoms with Crippen molar-refractivity contribution in [3.63, 3.8) is 0 Å². The molecule has 1 unspecified atom stereocenters. The van der Waals surface area contributed by atoms with E-state index >= 15 is 0 Å². The minimum absolute atomic E-state index is 0.164. The molecule has 2 rings (SSSR count). The number of carboxylic acids is 5. The van der Waals surface area contributed by atoms with Crippen molar-refractivity contribution in [3.8, 4) is 0 Å². The van der Waals surface area contributed by atoms with Crippen molar-refractivity contribution >= 4 is 35.8 Å². The van der Waals surface area contributed by atoms with Gasteiger partial charge in [-0.15, -0.1) is 0 Å². The zero-order chi connectivity index (χ0) is 33.6. The van der Waals surface area contributed by atoms with Crippen LogP contribution in [0.5, 0.6) is 0 Å². The molecule has 2 fully saturated rings. The largest absolute Gasteiger partial charge is 0.480 e. The van der Waals surface area contributed by atoms with Crippen LogP contribution in [-0.4, -0.2) is 110 Å². The summed E-state index contributed by atoms with van der Waals surface area (Å²) in [6.45, 7) is 9.96. The maximum Gasteiger partial charge on any atom is 0.332 e. The fourth-order valence-electron chi connectivity index (χ4n) is 3.12. The summed E-state index contributed by atoms with van der Waals surface area (Å²) in [5.74, 6) is -3.91. The number of aliphatic hydroxyl groups excluding tert-OH is 1. The number of carboxylic acid groups (broad SMARTS) is 5. The second kappa shape index (κ2) is 24.3. The van der Waals surface area contributed by atoms with Gasteiger partial charge in [0.15, 0.2) is 0 Å². The molecule has 16 heteroatoms. The summed E-state index contributed by atoms with van der Waals surface area (Å²) in [5, 5.41) is 57.2.